The molecule has 4 rings (SSSR count). The Kier molecular flexibility index (Phi) is 4.46. The van der Waals surface area contributed by atoms with Gasteiger partial charge in [-0.15, -0.1) is 0 Å². The number of nitrogens with one attached hydrogen (secondary N) is 1. The number of pyridine rings is 1. The van der Waals surface area contributed by atoms with E-state index >= 15 is 0 Å². The van der Waals surface area contributed by atoms with E-state index in [4.69, 9.17) is 4.42 Å². The molecule has 3 aromatic heterocycles. The second kappa shape index (κ2) is 7.07. The van der Waals surface area contributed by atoms with Crippen molar-refractivity contribution in [3.8, 4) is 11.5 Å². The monoisotopic (exact) mass is 360 g/mol. The lowest BCUT2D eigenvalue weighted by Crippen LogP contribution is -2.26. The highest BCUT2D eigenvalue weighted by molar-refractivity contribution is 5.78. The molecule has 0 spiro atoms. The lowest BCUT2D eigenvalue weighted by atomic mass is 10.1. The van der Waals surface area contributed by atoms with Crippen molar-refractivity contribution in [1.29, 1.82) is 0 Å². The number of carbonyl (C=O) groups is 1. The Hall–Kier alpha value is -3.41. The summed E-state index contributed by atoms with van der Waals surface area (Å²) in [5.74, 6) is 1.87. The maximum atomic E-state index is 12.4. The van der Waals surface area contributed by atoms with E-state index in [1.54, 1.807) is 6.20 Å². The van der Waals surface area contributed by atoms with Gasteiger partial charge in [-0.05, 0) is 38.1 Å². The van der Waals surface area contributed by atoms with Gasteiger partial charge in [-0.1, -0.05) is 23.8 Å². The van der Waals surface area contributed by atoms with Gasteiger partial charge in [0.1, 0.15) is 11.6 Å². The molecule has 136 valence electrons. The summed E-state index contributed by atoms with van der Waals surface area (Å²) in [5, 5.41) is 2.91. The second-order valence-corrected chi connectivity index (χ2v) is 6.51. The number of hydrogen-bond donors (Lipinski definition) is 1. The molecular weight excluding hydrogens is 340 g/mol. The van der Waals surface area contributed by atoms with Crippen LogP contribution in [0.15, 0.2) is 59.3 Å². The van der Waals surface area contributed by atoms with E-state index in [9.17, 15) is 4.79 Å². The Morgan fingerprint density at radius 2 is 2.07 bits per heavy atom. The molecule has 0 aliphatic rings. The third kappa shape index (κ3) is 3.60. The molecule has 0 atom stereocenters. The number of nitrogens with zero attached hydrogens (tertiary/aromatic N) is 3. The summed E-state index contributed by atoms with van der Waals surface area (Å²) in [6.45, 7) is 4.21. The fourth-order valence-electron chi connectivity index (χ4n) is 3.02. The summed E-state index contributed by atoms with van der Waals surface area (Å²) in [7, 11) is 0. The first-order valence-electron chi connectivity index (χ1n) is 8.81. The fraction of sp³-hybridized carbons (Fsp3) is 0.190. The zero-order valence-electron chi connectivity index (χ0n) is 15.3. The number of oxazole rings is 1. The molecule has 27 heavy (non-hydrogen) atoms. The summed E-state index contributed by atoms with van der Waals surface area (Å²) in [4.78, 5) is 21.2. The highest BCUT2D eigenvalue weighted by atomic mass is 16.4. The van der Waals surface area contributed by atoms with Gasteiger partial charge < -0.3 is 14.1 Å². The second-order valence-electron chi connectivity index (χ2n) is 6.51. The van der Waals surface area contributed by atoms with Crippen molar-refractivity contribution in [3.05, 3.63) is 77.7 Å². The van der Waals surface area contributed by atoms with Gasteiger partial charge >= 0.3 is 0 Å². The molecule has 1 N–H and O–H groups in total. The van der Waals surface area contributed by atoms with Crippen LogP contribution in [0.1, 0.15) is 22.8 Å². The number of imidazole rings is 1. The van der Waals surface area contributed by atoms with E-state index in [1.807, 2.05) is 66.9 Å². The third-order valence-electron chi connectivity index (χ3n) is 4.44. The molecule has 0 radical (unpaired) electrons. The number of rotatable bonds is 5. The minimum absolute atomic E-state index is 0.116. The van der Waals surface area contributed by atoms with Crippen molar-refractivity contribution < 1.29 is 9.21 Å². The quantitative estimate of drug-likeness (QED) is 0.591. The molecule has 1 aromatic carbocycles. The van der Waals surface area contributed by atoms with Crippen molar-refractivity contribution in [2.75, 3.05) is 0 Å². The molecule has 0 unspecified atom stereocenters. The van der Waals surface area contributed by atoms with Crippen molar-refractivity contribution in [1.82, 2.24) is 19.7 Å². The topological polar surface area (TPSA) is 72.4 Å². The van der Waals surface area contributed by atoms with Crippen LogP contribution in [0, 0.1) is 13.8 Å². The predicted molar refractivity (Wildman–Crippen MR) is 102 cm³/mol. The molecule has 0 saturated heterocycles. The van der Waals surface area contributed by atoms with Gasteiger partial charge in [0.25, 0.3) is 0 Å². The van der Waals surface area contributed by atoms with Crippen LogP contribution >= 0.6 is 0 Å². The van der Waals surface area contributed by atoms with E-state index in [0.29, 0.717) is 23.9 Å². The number of aromatic nitrogens is 3. The van der Waals surface area contributed by atoms with Crippen molar-refractivity contribution in [2.24, 2.45) is 0 Å². The van der Waals surface area contributed by atoms with Crippen LogP contribution in [0.4, 0.5) is 0 Å². The summed E-state index contributed by atoms with van der Waals surface area (Å²) in [6, 6.07) is 13.8. The first-order chi connectivity index (χ1) is 13.1. The minimum atomic E-state index is -0.116. The smallest absolute Gasteiger partial charge is 0.226 e. The van der Waals surface area contributed by atoms with Gasteiger partial charge in [0.05, 0.1) is 30.4 Å². The van der Waals surface area contributed by atoms with Gasteiger partial charge in [0, 0.05) is 11.8 Å². The summed E-state index contributed by atoms with van der Waals surface area (Å²) >= 11 is 0. The van der Waals surface area contributed by atoms with Crippen LogP contribution in [0.3, 0.4) is 0 Å². The Labute approximate surface area is 156 Å². The average molecular weight is 360 g/mol. The van der Waals surface area contributed by atoms with Crippen molar-refractivity contribution in [2.45, 2.75) is 26.8 Å². The van der Waals surface area contributed by atoms with Crippen LogP contribution in [-0.4, -0.2) is 20.3 Å². The van der Waals surface area contributed by atoms with Crippen molar-refractivity contribution >= 4 is 11.4 Å². The summed E-state index contributed by atoms with van der Waals surface area (Å²) < 4.78 is 7.71. The Balaban J connectivity index is 1.44. The number of hydrogen-bond acceptors (Lipinski definition) is 4. The zero-order chi connectivity index (χ0) is 18.8. The minimum Gasteiger partial charge on any atom is -0.441 e. The Bertz CT molecular complexity index is 1110. The lowest BCUT2D eigenvalue weighted by Gasteiger charge is -2.04. The Morgan fingerprint density at radius 3 is 2.93 bits per heavy atom. The maximum Gasteiger partial charge on any atom is 0.226 e. The predicted octanol–water partition coefficient (Wildman–Crippen LogP) is 3.47. The molecule has 0 fully saturated rings. The highest BCUT2D eigenvalue weighted by Gasteiger charge is 2.15. The molecule has 3 heterocycles. The van der Waals surface area contributed by atoms with Gasteiger partial charge in [-0.3, -0.25) is 4.79 Å². The maximum absolute atomic E-state index is 12.4. The first kappa shape index (κ1) is 17.0. The molecule has 0 aliphatic carbocycles. The van der Waals surface area contributed by atoms with Gasteiger partial charge in [0.2, 0.25) is 11.8 Å². The van der Waals surface area contributed by atoms with Crippen LogP contribution in [0.25, 0.3) is 17.0 Å². The number of amides is 1. The average Bonchev–Trinajstić information content (AvgIpc) is 3.24. The van der Waals surface area contributed by atoms with E-state index < -0.39 is 0 Å². The van der Waals surface area contributed by atoms with E-state index in [1.165, 1.54) is 0 Å². The zero-order valence-corrected chi connectivity index (χ0v) is 15.3. The van der Waals surface area contributed by atoms with Crippen LogP contribution in [0.5, 0.6) is 0 Å². The number of carbonyl (C=O) groups excluding carboxylic acids is 1. The number of aryl methyl sites for hydroxylation is 2. The molecule has 1 amide bonds. The third-order valence-corrected chi connectivity index (χ3v) is 4.44. The first-order valence-corrected chi connectivity index (χ1v) is 8.81. The van der Waals surface area contributed by atoms with Gasteiger partial charge in [-0.25, -0.2) is 9.97 Å². The lowest BCUT2D eigenvalue weighted by molar-refractivity contribution is -0.120. The van der Waals surface area contributed by atoms with Crippen LogP contribution in [0.2, 0.25) is 0 Å². The molecule has 6 heteroatoms. The summed E-state index contributed by atoms with van der Waals surface area (Å²) in [6.07, 6.45) is 3.89. The number of benzene rings is 1. The van der Waals surface area contributed by atoms with Gasteiger partial charge in [0.15, 0.2) is 0 Å². The molecule has 6 nitrogen and oxygen atoms in total. The van der Waals surface area contributed by atoms with E-state index in [-0.39, 0.29) is 12.3 Å². The van der Waals surface area contributed by atoms with Gasteiger partial charge in [-0.2, -0.15) is 0 Å². The fourth-order valence-corrected chi connectivity index (χ4v) is 3.02. The van der Waals surface area contributed by atoms with Crippen molar-refractivity contribution in [3.63, 3.8) is 0 Å². The Morgan fingerprint density at radius 1 is 1.19 bits per heavy atom. The largest absolute Gasteiger partial charge is 0.441 e. The molecule has 4 aromatic rings. The van der Waals surface area contributed by atoms with Crippen LogP contribution < -0.4 is 5.32 Å². The molecule has 0 aliphatic heterocycles. The van der Waals surface area contributed by atoms with Crippen LogP contribution in [-0.2, 0) is 17.8 Å². The van der Waals surface area contributed by atoms with E-state index in [2.05, 4.69) is 15.3 Å². The summed E-state index contributed by atoms with van der Waals surface area (Å²) in [5.41, 5.74) is 3.69. The molecule has 0 bridgehead atoms. The normalized spacial score (nSPS) is 11.0. The highest BCUT2D eigenvalue weighted by Crippen LogP contribution is 2.22. The molecule has 0 saturated carbocycles. The van der Waals surface area contributed by atoms with E-state index in [0.717, 1.165) is 22.5 Å². The number of fused-ring (bicyclic) bond motifs is 1. The standard InChI is InChI=1S/C21H20N4O2/c1-14-6-5-7-16(10-14)21-24-18(15(2)27-21)11-20(26)23-13-19-22-12-17-8-3-4-9-25(17)19/h3-10,12H,11,13H2,1-2H3,(H,23,26). The SMILES string of the molecule is Cc1cccc(-c2nc(CC(=O)NCc3ncc4ccccn34)c(C)o2)c1. The molecular formula is C21H20N4O2.